The van der Waals surface area contributed by atoms with Gasteiger partial charge in [0.1, 0.15) is 0 Å². The molecule has 1 aliphatic rings. The number of hydrogen-bond donors (Lipinski definition) is 2. The van der Waals surface area contributed by atoms with Gasteiger partial charge < -0.3 is 10.4 Å². The van der Waals surface area contributed by atoms with Crippen molar-refractivity contribution >= 4 is 37.6 Å². The zero-order valence-corrected chi connectivity index (χ0v) is 21.1. The van der Waals surface area contributed by atoms with Crippen molar-refractivity contribution in [2.24, 2.45) is 5.92 Å². The van der Waals surface area contributed by atoms with E-state index >= 15 is 0 Å². The van der Waals surface area contributed by atoms with Crippen LogP contribution in [0, 0.1) is 5.92 Å². The first-order valence-corrected chi connectivity index (χ1v) is 13.7. The van der Waals surface area contributed by atoms with Gasteiger partial charge in [0.05, 0.1) is 10.6 Å². The maximum Gasteiger partial charge on any atom is 0.490 e. The lowest BCUT2D eigenvalue weighted by Crippen LogP contribution is -2.48. The predicted octanol–water partition coefficient (Wildman–Crippen LogP) is 2.25. The molecule has 0 amide bonds. The van der Waals surface area contributed by atoms with Crippen molar-refractivity contribution in [2.75, 3.05) is 45.0 Å². The van der Waals surface area contributed by atoms with Crippen molar-refractivity contribution < 1.29 is 39.9 Å². The van der Waals surface area contributed by atoms with Gasteiger partial charge in [-0.15, -0.1) is 0 Å². The lowest BCUT2D eigenvalue weighted by atomic mass is 10.1. The van der Waals surface area contributed by atoms with Crippen LogP contribution in [-0.4, -0.2) is 87.7 Å². The molecule has 0 aliphatic carbocycles. The van der Waals surface area contributed by atoms with Crippen LogP contribution in [-0.2, 0) is 24.8 Å². The van der Waals surface area contributed by atoms with Crippen molar-refractivity contribution in [1.29, 1.82) is 0 Å². The van der Waals surface area contributed by atoms with Crippen molar-refractivity contribution in [3.8, 4) is 0 Å². The fourth-order valence-corrected chi connectivity index (χ4v) is 5.92. The molecule has 2 N–H and O–H groups in total. The summed E-state index contributed by atoms with van der Waals surface area (Å²) in [4.78, 5) is 9.02. The molecule has 0 atom stereocenters. The number of hydrogen-bond acceptors (Lipinski definition) is 6. The van der Waals surface area contributed by atoms with E-state index in [1.165, 1.54) is 32.9 Å². The van der Waals surface area contributed by atoms with Crippen LogP contribution in [0.2, 0.25) is 5.02 Å². The monoisotopic (exact) mass is 551 g/mol. The Balaban J connectivity index is 0.000000718. The standard InChI is InChI=1S/C17H28ClN3O4S2.C2HF3O2/c1-15(2)7-10-21(27(24,25)17-5-3-16(18)4-6-17)13-14-26(22,23)20-11-8-19-9-12-20;3-2(4,5)1(6)7/h3-6,15,19H,7-14H2,1-2H3;(H,6,7). The Morgan fingerprint density at radius 1 is 1.12 bits per heavy atom. The zero-order chi connectivity index (χ0) is 26.2. The Bertz CT molecular complexity index is 997. The molecule has 1 aliphatic heterocycles. The molecule has 1 aromatic rings. The first-order valence-electron chi connectivity index (χ1n) is 10.3. The minimum atomic E-state index is -5.08. The Labute approximate surface area is 203 Å². The molecular formula is C19H29ClF3N3O6S2. The predicted molar refractivity (Wildman–Crippen MR) is 122 cm³/mol. The average Bonchev–Trinajstić information content (AvgIpc) is 2.74. The van der Waals surface area contributed by atoms with E-state index in [0.29, 0.717) is 43.5 Å². The van der Waals surface area contributed by atoms with Crippen LogP contribution in [0.15, 0.2) is 29.2 Å². The minimum Gasteiger partial charge on any atom is -0.475 e. The van der Waals surface area contributed by atoms with E-state index in [2.05, 4.69) is 5.32 Å². The number of halogens is 4. The van der Waals surface area contributed by atoms with Crippen molar-refractivity contribution in [3.63, 3.8) is 0 Å². The molecule has 0 unspecified atom stereocenters. The van der Waals surface area contributed by atoms with E-state index in [4.69, 9.17) is 21.5 Å². The fourth-order valence-electron chi connectivity index (χ4n) is 2.78. The van der Waals surface area contributed by atoms with Crippen LogP contribution in [0.3, 0.4) is 0 Å². The molecular weight excluding hydrogens is 523 g/mol. The van der Waals surface area contributed by atoms with E-state index in [9.17, 15) is 30.0 Å². The van der Waals surface area contributed by atoms with Gasteiger partial charge >= 0.3 is 12.1 Å². The molecule has 1 aromatic carbocycles. The number of alkyl halides is 3. The first kappa shape index (κ1) is 30.6. The Kier molecular flexibility index (Phi) is 11.7. The molecule has 0 radical (unpaired) electrons. The number of carboxylic acid groups (broad SMARTS) is 1. The molecule has 1 fully saturated rings. The van der Waals surface area contributed by atoms with Crippen LogP contribution >= 0.6 is 11.6 Å². The van der Waals surface area contributed by atoms with E-state index in [-0.39, 0.29) is 23.7 Å². The molecule has 9 nitrogen and oxygen atoms in total. The zero-order valence-electron chi connectivity index (χ0n) is 18.8. The van der Waals surface area contributed by atoms with E-state index in [1.54, 1.807) is 0 Å². The number of carbonyl (C=O) groups is 1. The number of aliphatic carboxylic acids is 1. The van der Waals surface area contributed by atoms with E-state index in [0.717, 1.165) is 0 Å². The van der Waals surface area contributed by atoms with Crippen LogP contribution in [0.5, 0.6) is 0 Å². The smallest absolute Gasteiger partial charge is 0.475 e. The largest absolute Gasteiger partial charge is 0.490 e. The molecule has 0 bridgehead atoms. The molecule has 0 saturated carbocycles. The summed E-state index contributed by atoms with van der Waals surface area (Å²) < 4.78 is 85.7. The third-order valence-electron chi connectivity index (χ3n) is 4.72. The first-order chi connectivity index (χ1) is 15.6. The average molecular weight is 552 g/mol. The topological polar surface area (TPSA) is 124 Å². The molecule has 34 heavy (non-hydrogen) atoms. The molecule has 1 saturated heterocycles. The van der Waals surface area contributed by atoms with Gasteiger partial charge in [0.25, 0.3) is 0 Å². The number of benzene rings is 1. The Morgan fingerprint density at radius 3 is 2.06 bits per heavy atom. The third kappa shape index (κ3) is 10.0. The lowest BCUT2D eigenvalue weighted by molar-refractivity contribution is -0.192. The molecule has 1 heterocycles. The molecule has 196 valence electrons. The number of piperazine rings is 1. The van der Waals surface area contributed by atoms with E-state index in [1.807, 2.05) is 13.8 Å². The van der Waals surface area contributed by atoms with Gasteiger partial charge in [0.15, 0.2) is 0 Å². The maximum absolute atomic E-state index is 13.0. The number of carboxylic acids is 1. The van der Waals surface area contributed by atoms with Crippen LogP contribution in [0.25, 0.3) is 0 Å². The third-order valence-corrected chi connectivity index (χ3v) is 8.73. The van der Waals surface area contributed by atoms with Gasteiger partial charge in [0.2, 0.25) is 20.0 Å². The summed E-state index contributed by atoms with van der Waals surface area (Å²) >= 11 is 5.85. The maximum atomic E-state index is 13.0. The van der Waals surface area contributed by atoms with Gasteiger partial charge in [-0.2, -0.15) is 21.8 Å². The van der Waals surface area contributed by atoms with Crippen LogP contribution in [0.4, 0.5) is 13.2 Å². The minimum absolute atomic E-state index is 0.0655. The highest BCUT2D eigenvalue weighted by Crippen LogP contribution is 2.20. The molecule has 2 rings (SSSR count). The van der Waals surface area contributed by atoms with Crippen LogP contribution < -0.4 is 5.32 Å². The van der Waals surface area contributed by atoms with Gasteiger partial charge in [-0.3, -0.25) is 0 Å². The van der Waals surface area contributed by atoms with Gasteiger partial charge in [-0.25, -0.2) is 21.6 Å². The number of sulfonamides is 2. The van der Waals surface area contributed by atoms with Crippen molar-refractivity contribution in [2.45, 2.75) is 31.3 Å². The highest BCUT2D eigenvalue weighted by atomic mass is 35.5. The van der Waals surface area contributed by atoms with Gasteiger partial charge in [-0.05, 0) is 36.6 Å². The van der Waals surface area contributed by atoms with Crippen molar-refractivity contribution in [1.82, 2.24) is 13.9 Å². The summed E-state index contributed by atoms with van der Waals surface area (Å²) in [5.41, 5.74) is 0. The molecule has 0 aromatic heterocycles. The lowest BCUT2D eigenvalue weighted by Gasteiger charge is -2.28. The summed E-state index contributed by atoms with van der Waals surface area (Å²) in [6.07, 6.45) is -4.43. The number of nitrogens with one attached hydrogen (secondary N) is 1. The second-order valence-corrected chi connectivity index (χ2v) is 12.3. The molecule has 0 spiro atoms. The highest BCUT2D eigenvalue weighted by Gasteiger charge is 2.38. The van der Waals surface area contributed by atoms with Gasteiger partial charge in [-0.1, -0.05) is 25.4 Å². The Morgan fingerprint density at radius 2 is 1.62 bits per heavy atom. The SMILES string of the molecule is CC(C)CCN(CCS(=O)(=O)N1CCNCC1)S(=O)(=O)c1ccc(Cl)cc1.O=C(O)C(F)(F)F. The highest BCUT2D eigenvalue weighted by molar-refractivity contribution is 7.90. The fraction of sp³-hybridized carbons (Fsp3) is 0.632. The van der Waals surface area contributed by atoms with Crippen LogP contribution in [0.1, 0.15) is 20.3 Å². The van der Waals surface area contributed by atoms with Crippen molar-refractivity contribution in [3.05, 3.63) is 29.3 Å². The second kappa shape index (κ2) is 13.0. The number of rotatable bonds is 9. The number of nitrogens with zero attached hydrogens (tertiary/aromatic N) is 2. The summed E-state index contributed by atoms with van der Waals surface area (Å²) in [7, 11) is -7.29. The second-order valence-electron chi connectivity index (χ2n) is 7.81. The summed E-state index contributed by atoms with van der Waals surface area (Å²) in [5, 5.41) is 10.7. The summed E-state index contributed by atoms with van der Waals surface area (Å²) in [6, 6.07) is 5.94. The quantitative estimate of drug-likeness (QED) is 0.482. The Hall–Kier alpha value is -1.45. The van der Waals surface area contributed by atoms with E-state index < -0.39 is 32.2 Å². The summed E-state index contributed by atoms with van der Waals surface area (Å²) in [6.45, 7) is 6.27. The summed E-state index contributed by atoms with van der Waals surface area (Å²) in [5.74, 6) is -2.68. The van der Waals surface area contributed by atoms with Gasteiger partial charge in [0, 0.05) is 44.3 Å². The molecule has 15 heteroatoms. The normalized spacial score (nSPS) is 15.8.